The van der Waals surface area contributed by atoms with Gasteiger partial charge >= 0.3 is 0 Å². The minimum Gasteiger partial charge on any atom is -0.381 e. The molecule has 1 aliphatic heterocycles. The summed E-state index contributed by atoms with van der Waals surface area (Å²) < 4.78 is 8.76. The summed E-state index contributed by atoms with van der Waals surface area (Å²) in [7, 11) is 2.04. The zero-order valence-corrected chi connectivity index (χ0v) is 14.4. The predicted molar refractivity (Wildman–Crippen MR) is 85.0 cm³/mol. The molecule has 2 rings (SSSR count). The number of aromatic nitrogens is 2. The molecule has 0 spiro atoms. The molecule has 0 radical (unpaired) electrons. The number of ether oxygens (including phenoxy) is 1. The normalized spacial score (nSPS) is 18.4. The first-order valence-corrected chi connectivity index (χ1v) is 8.34. The summed E-state index contributed by atoms with van der Waals surface area (Å²) in [6, 6.07) is 0. The van der Waals surface area contributed by atoms with Crippen LogP contribution >= 0.6 is 15.9 Å². The maximum Gasteiger partial charge on any atom is 0.0738 e. The van der Waals surface area contributed by atoms with Crippen molar-refractivity contribution in [2.45, 2.75) is 39.5 Å². The maximum atomic E-state index is 5.57. The molecule has 0 aliphatic carbocycles. The van der Waals surface area contributed by atoms with Crippen LogP contribution in [0.4, 0.5) is 0 Å². The number of halogens is 1. The van der Waals surface area contributed by atoms with Gasteiger partial charge in [-0.3, -0.25) is 4.68 Å². The van der Waals surface area contributed by atoms with Crippen LogP contribution in [0, 0.1) is 12.3 Å². The van der Waals surface area contributed by atoms with Crippen LogP contribution in [0.25, 0.3) is 0 Å². The second-order valence-corrected chi connectivity index (χ2v) is 6.73. The summed E-state index contributed by atoms with van der Waals surface area (Å²) in [5, 5.41) is 8.13. The van der Waals surface area contributed by atoms with Gasteiger partial charge in [0.15, 0.2) is 0 Å². The largest absolute Gasteiger partial charge is 0.381 e. The van der Waals surface area contributed by atoms with Crippen molar-refractivity contribution in [2.75, 3.05) is 26.3 Å². The summed E-state index contributed by atoms with van der Waals surface area (Å²) >= 11 is 3.70. The van der Waals surface area contributed by atoms with E-state index in [-0.39, 0.29) is 0 Å². The Labute approximate surface area is 130 Å². The zero-order chi connectivity index (χ0) is 14.6. The smallest absolute Gasteiger partial charge is 0.0738 e. The van der Waals surface area contributed by atoms with Crippen LogP contribution in [-0.2, 0) is 18.2 Å². The van der Waals surface area contributed by atoms with E-state index in [1.807, 2.05) is 11.7 Å². The molecule has 4 nitrogen and oxygen atoms in total. The number of aryl methyl sites for hydroxylation is 2. The molecule has 0 saturated carbocycles. The second-order valence-electron chi connectivity index (χ2n) is 5.94. The van der Waals surface area contributed by atoms with Crippen molar-refractivity contribution >= 4 is 15.9 Å². The number of nitrogens with zero attached hydrogens (tertiary/aromatic N) is 2. The summed E-state index contributed by atoms with van der Waals surface area (Å²) in [6.45, 7) is 8.18. The minimum atomic E-state index is 0.302. The van der Waals surface area contributed by atoms with Gasteiger partial charge in [0.05, 0.1) is 15.9 Å². The number of hydrogen-bond acceptors (Lipinski definition) is 3. The van der Waals surface area contributed by atoms with Crippen LogP contribution in [0.2, 0.25) is 0 Å². The molecule has 0 atom stereocenters. The van der Waals surface area contributed by atoms with Crippen LogP contribution in [-0.4, -0.2) is 36.1 Å². The Bertz CT molecular complexity index is 439. The van der Waals surface area contributed by atoms with Gasteiger partial charge in [-0.25, -0.2) is 0 Å². The molecule has 1 fully saturated rings. The van der Waals surface area contributed by atoms with E-state index in [0.29, 0.717) is 5.41 Å². The van der Waals surface area contributed by atoms with Crippen LogP contribution < -0.4 is 5.32 Å². The highest BCUT2D eigenvalue weighted by molar-refractivity contribution is 9.10. The third-order valence-corrected chi connectivity index (χ3v) is 5.32. The summed E-state index contributed by atoms with van der Waals surface area (Å²) in [4.78, 5) is 0. The Morgan fingerprint density at radius 2 is 2.10 bits per heavy atom. The van der Waals surface area contributed by atoms with Crippen molar-refractivity contribution < 1.29 is 4.74 Å². The van der Waals surface area contributed by atoms with Gasteiger partial charge in [-0.05, 0) is 60.5 Å². The second kappa shape index (κ2) is 7.05. The Hall–Kier alpha value is -0.390. The Kier molecular flexibility index (Phi) is 5.64. The third kappa shape index (κ3) is 3.62. The fourth-order valence-electron chi connectivity index (χ4n) is 2.98. The molecule has 5 heteroatoms. The monoisotopic (exact) mass is 343 g/mol. The molecule has 0 aromatic carbocycles. The SMILES string of the molecule is CCCNCC1(Cc2c(Br)c(C)nn2C)CCOCC1. The first-order chi connectivity index (χ1) is 9.58. The molecule has 114 valence electrons. The zero-order valence-electron chi connectivity index (χ0n) is 12.8. The predicted octanol–water partition coefficient (Wildman–Crippen LogP) is 2.83. The van der Waals surface area contributed by atoms with Crippen LogP contribution in [0.1, 0.15) is 37.6 Å². The number of hydrogen-bond donors (Lipinski definition) is 1. The van der Waals surface area contributed by atoms with Crippen LogP contribution in [0.3, 0.4) is 0 Å². The average molecular weight is 344 g/mol. The van der Waals surface area contributed by atoms with Crippen molar-refractivity contribution in [3.05, 3.63) is 15.9 Å². The van der Waals surface area contributed by atoms with Gasteiger partial charge in [-0.2, -0.15) is 5.10 Å². The standard InChI is InChI=1S/C15H26BrN3O/c1-4-7-17-11-15(5-8-20-9-6-15)10-13-14(16)12(2)18-19(13)3/h17H,4-11H2,1-3H3. The van der Waals surface area contributed by atoms with E-state index in [4.69, 9.17) is 4.74 Å². The molecular weight excluding hydrogens is 318 g/mol. The van der Waals surface area contributed by atoms with Crippen molar-refractivity contribution in [1.82, 2.24) is 15.1 Å². The van der Waals surface area contributed by atoms with E-state index >= 15 is 0 Å². The van der Waals surface area contributed by atoms with Crippen LogP contribution in [0.15, 0.2) is 4.47 Å². The van der Waals surface area contributed by atoms with E-state index in [1.165, 1.54) is 16.6 Å². The highest BCUT2D eigenvalue weighted by atomic mass is 79.9. The Morgan fingerprint density at radius 3 is 2.65 bits per heavy atom. The maximum absolute atomic E-state index is 5.57. The lowest BCUT2D eigenvalue weighted by atomic mass is 9.76. The first-order valence-electron chi connectivity index (χ1n) is 7.54. The molecule has 1 aromatic rings. The molecule has 1 saturated heterocycles. The van der Waals surface area contributed by atoms with E-state index in [9.17, 15) is 0 Å². The molecule has 0 bridgehead atoms. The van der Waals surface area contributed by atoms with Crippen molar-refractivity contribution in [3.63, 3.8) is 0 Å². The molecule has 0 unspecified atom stereocenters. The van der Waals surface area contributed by atoms with Crippen molar-refractivity contribution in [2.24, 2.45) is 12.5 Å². The van der Waals surface area contributed by atoms with E-state index in [0.717, 1.165) is 51.3 Å². The highest BCUT2D eigenvalue weighted by Crippen LogP contribution is 2.36. The van der Waals surface area contributed by atoms with Crippen molar-refractivity contribution in [3.8, 4) is 0 Å². The lowest BCUT2D eigenvalue weighted by Gasteiger charge is -2.37. The molecule has 1 aliphatic rings. The quantitative estimate of drug-likeness (QED) is 0.807. The molecular formula is C15H26BrN3O. The third-order valence-electron chi connectivity index (χ3n) is 4.28. The molecule has 20 heavy (non-hydrogen) atoms. The Morgan fingerprint density at radius 1 is 1.40 bits per heavy atom. The number of rotatable bonds is 6. The number of nitrogens with one attached hydrogen (secondary N) is 1. The topological polar surface area (TPSA) is 39.1 Å². The summed E-state index contributed by atoms with van der Waals surface area (Å²) in [5.41, 5.74) is 2.69. The van der Waals surface area contributed by atoms with Gasteiger partial charge in [-0.15, -0.1) is 0 Å². The van der Waals surface area contributed by atoms with E-state index in [2.05, 4.69) is 40.2 Å². The summed E-state index contributed by atoms with van der Waals surface area (Å²) in [6.07, 6.45) is 4.49. The van der Waals surface area contributed by atoms with Crippen molar-refractivity contribution in [1.29, 1.82) is 0 Å². The van der Waals surface area contributed by atoms with Gasteiger partial charge in [0.25, 0.3) is 0 Å². The van der Waals surface area contributed by atoms with Gasteiger partial charge < -0.3 is 10.1 Å². The molecule has 1 N–H and O–H groups in total. The average Bonchev–Trinajstić information content (AvgIpc) is 2.67. The lowest BCUT2D eigenvalue weighted by molar-refractivity contribution is 0.0141. The Balaban J connectivity index is 2.14. The fourth-order valence-corrected chi connectivity index (χ4v) is 3.45. The van der Waals surface area contributed by atoms with Gasteiger partial charge in [0.2, 0.25) is 0 Å². The van der Waals surface area contributed by atoms with Gasteiger partial charge in [0.1, 0.15) is 0 Å². The summed E-state index contributed by atoms with van der Waals surface area (Å²) in [5.74, 6) is 0. The fraction of sp³-hybridized carbons (Fsp3) is 0.800. The molecule has 1 aromatic heterocycles. The highest BCUT2D eigenvalue weighted by Gasteiger charge is 2.34. The first kappa shape index (κ1) is 16.0. The van der Waals surface area contributed by atoms with E-state index in [1.54, 1.807) is 0 Å². The minimum absolute atomic E-state index is 0.302. The molecule has 2 heterocycles. The van der Waals surface area contributed by atoms with Gasteiger partial charge in [0, 0.05) is 26.8 Å². The van der Waals surface area contributed by atoms with Crippen LogP contribution in [0.5, 0.6) is 0 Å². The lowest BCUT2D eigenvalue weighted by Crippen LogP contribution is -2.41. The molecule has 0 amide bonds. The van der Waals surface area contributed by atoms with E-state index < -0.39 is 0 Å². The van der Waals surface area contributed by atoms with Gasteiger partial charge in [-0.1, -0.05) is 6.92 Å².